The first kappa shape index (κ1) is 8.98. The standard InChI is InChI=1S/C10H12Cl2N2/c11-7-3-1-2-6(9(7)12)10-8(13)4-5-14-10/h1-3,8,10,14H,4-5,13H2/t8?,10-/m1/s1/i/hD. The SMILES string of the molecule is [2H]N1CCC(N)[C@H]1c1cccc(Cl)c1Cl. The van der Waals surface area contributed by atoms with Crippen LogP contribution in [0.2, 0.25) is 11.5 Å². The smallest absolute Gasteiger partial charge is 0.123 e. The van der Waals surface area contributed by atoms with Gasteiger partial charge in [0.2, 0.25) is 0 Å². The Morgan fingerprint density at radius 3 is 2.93 bits per heavy atom. The fourth-order valence-corrected chi connectivity index (χ4v) is 2.15. The Morgan fingerprint density at radius 2 is 2.29 bits per heavy atom. The number of hydrogen-bond donors (Lipinski definition) is 2. The normalized spacial score (nSPS) is 29.2. The number of benzene rings is 1. The van der Waals surface area contributed by atoms with E-state index in [4.69, 9.17) is 30.3 Å². The van der Waals surface area contributed by atoms with Crippen LogP contribution in [0.4, 0.5) is 0 Å². The molecule has 3 N–H and O–H groups in total. The minimum Gasteiger partial charge on any atom is -0.326 e. The largest absolute Gasteiger partial charge is 0.326 e. The third-order valence-corrected chi connectivity index (χ3v) is 3.33. The number of nitrogens with one attached hydrogen (secondary N) is 1. The molecule has 0 aliphatic carbocycles. The van der Waals surface area contributed by atoms with Gasteiger partial charge in [0.1, 0.15) is 1.41 Å². The minimum absolute atomic E-state index is 0.0431. The molecule has 1 unspecified atom stereocenters. The molecule has 0 bridgehead atoms. The maximum atomic E-state index is 7.78. The molecule has 1 fully saturated rings. The lowest BCUT2D eigenvalue weighted by Gasteiger charge is -2.17. The molecule has 2 atom stereocenters. The highest BCUT2D eigenvalue weighted by Gasteiger charge is 2.26. The van der Waals surface area contributed by atoms with E-state index >= 15 is 0 Å². The van der Waals surface area contributed by atoms with Gasteiger partial charge in [0.25, 0.3) is 0 Å². The van der Waals surface area contributed by atoms with E-state index in [1.54, 1.807) is 6.07 Å². The third-order valence-electron chi connectivity index (χ3n) is 2.49. The Kier molecular flexibility index (Phi) is 2.61. The second kappa shape index (κ2) is 4.07. The first-order chi connectivity index (χ1) is 7.11. The van der Waals surface area contributed by atoms with Gasteiger partial charge in [0.15, 0.2) is 0 Å². The Bertz CT molecular complexity index is 362. The Morgan fingerprint density at radius 1 is 1.50 bits per heavy atom. The highest BCUT2D eigenvalue weighted by atomic mass is 35.5. The molecule has 1 heterocycles. The molecular weight excluding hydrogens is 219 g/mol. The van der Waals surface area contributed by atoms with Crippen LogP contribution >= 0.6 is 23.2 Å². The van der Waals surface area contributed by atoms with Gasteiger partial charge in [-0.15, -0.1) is 0 Å². The molecule has 0 saturated carbocycles. The van der Waals surface area contributed by atoms with E-state index in [9.17, 15) is 0 Å². The molecule has 1 saturated heterocycles. The Balaban J connectivity index is 2.40. The van der Waals surface area contributed by atoms with Crippen molar-refractivity contribution < 1.29 is 1.41 Å². The molecule has 2 rings (SSSR count). The molecular formula is C10H12Cl2N2. The van der Waals surface area contributed by atoms with Crippen molar-refractivity contribution >= 4 is 23.2 Å². The molecule has 1 aliphatic heterocycles. The average molecular weight is 232 g/mol. The summed E-state index contributed by atoms with van der Waals surface area (Å²) in [6.45, 7) is 0.675. The second-order valence-electron chi connectivity index (χ2n) is 3.45. The fraction of sp³-hybridized carbons (Fsp3) is 0.400. The predicted octanol–water partition coefficient (Wildman–Crippen LogP) is 2.36. The average Bonchev–Trinajstić information content (AvgIpc) is 2.52. The van der Waals surface area contributed by atoms with Gasteiger partial charge in [0.05, 0.1) is 10.0 Å². The summed E-state index contributed by atoms with van der Waals surface area (Å²) in [7, 11) is 0. The fourth-order valence-electron chi connectivity index (χ4n) is 1.73. The summed E-state index contributed by atoms with van der Waals surface area (Å²) in [6.07, 6.45) is 0.816. The summed E-state index contributed by atoms with van der Waals surface area (Å²) >= 11 is 12.0. The third kappa shape index (κ3) is 1.75. The molecule has 14 heavy (non-hydrogen) atoms. The first-order valence-electron chi connectivity index (χ1n) is 5.01. The number of nitrogens with two attached hydrogens (primary N) is 1. The molecule has 0 radical (unpaired) electrons. The lowest BCUT2D eigenvalue weighted by Crippen LogP contribution is -2.28. The second-order valence-corrected chi connectivity index (χ2v) is 4.23. The van der Waals surface area contributed by atoms with Crippen LogP contribution in [-0.2, 0) is 0 Å². The van der Waals surface area contributed by atoms with Crippen molar-refractivity contribution in [2.75, 3.05) is 6.54 Å². The van der Waals surface area contributed by atoms with Crippen molar-refractivity contribution in [2.45, 2.75) is 18.5 Å². The molecule has 1 aliphatic rings. The molecule has 4 heteroatoms. The highest BCUT2D eigenvalue weighted by molar-refractivity contribution is 6.42. The Hall–Kier alpha value is -0.280. The molecule has 0 spiro atoms. The topological polar surface area (TPSA) is 38.0 Å². The molecule has 0 aromatic heterocycles. The minimum atomic E-state index is -0.142. The quantitative estimate of drug-likeness (QED) is 0.779. The predicted molar refractivity (Wildman–Crippen MR) is 59.8 cm³/mol. The van der Waals surface area contributed by atoms with Gasteiger partial charge >= 0.3 is 0 Å². The summed E-state index contributed by atoms with van der Waals surface area (Å²) in [5.74, 6) is 0. The van der Waals surface area contributed by atoms with Crippen LogP contribution in [0.5, 0.6) is 0 Å². The molecule has 2 nitrogen and oxygen atoms in total. The monoisotopic (exact) mass is 231 g/mol. The highest BCUT2D eigenvalue weighted by Crippen LogP contribution is 2.33. The number of halogens is 2. The van der Waals surface area contributed by atoms with Gasteiger partial charge in [-0.25, -0.2) is 0 Å². The van der Waals surface area contributed by atoms with Gasteiger partial charge in [0, 0.05) is 12.1 Å². The van der Waals surface area contributed by atoms with Crippen LogP contribution in [-0.4, -0.2) is 12.6 Å². The zero-order valence-electron chi connectivity index (χ0n) is 8.58. The van der Waals surface area contributed by atoms with Crippen LogP contribution in [0.3, 0.4) is 0 Å². The Labute approximate surface area is 94.8 Å². The number of rotatable bonds is 1. The molecule has 0 amide bonds. The van der Waals surface area contributed by atoms with E-state index in [1.165, 1.54) is 5.31 Å². The van der Waals surface area contributed by atoms with Crippen LogP contribution in [0.15, 0.2) is 18.2 Å². The van der Waals surface area contributed by atoms with Gasteiger partial charge in [-0.1, -0.05) is 35.3 Å². The zero-order chi connectivity index (χ0) is 11.0. The van der Waals surface area contributed by atoms with Gasteiger partial charge in [-0.05, 0) is 24.6 Å². The number of hydrogen-bond acceptors (Lipinski definition) is 2. The van der Waals surface area contributed by atoms with Crippen molar-refractivity contribution in [2.24, 2.45) is 5.73 Å². The first-order valence-corrected chi connectivity index (χ1v) is 5.32. The lowest BCUT2D eigenvalue weighted by molar-refractivity contribution is 0.571. The van der Waals surface area contributed by atoms with Crippen molar-refractivity contribution in [3.63, 3.8) is 0 Å². The molecule has 1 aromatic carbocycles. The van der Waals surface area contributed by atoms with Gasteiger partial charge in [-0.2, -0.15) is 0 Å². The maximum absolute atomic E-state index is 7.78. The van der Waals surface area contributed by atoms with E-state index in [-0.39, 0.29) is 12.1 Å². The summed E-state index contributed by atoms with van der Waals surface area (Å²) in [6, 6.07) is 5.27. The van der Waals surface area contributed by atoms with Gasteiger partial charge < -0.3 is 11.0 Å². The van der Waals surface area contributed by atoms with E-state index in [2.05, 4.69) is 0 Å². The summed E-state index contributed by atoms with van der Waals surface area (Å²) < 4.78 is 7.78. The van der Waals surface area contributed by atoms with Crippen LogP contribution in [0.1, 0.15) is 18.0 Å². The van der Waals surface area contributed by atoms with E-state index in [0.717, 1.165) is 12.0 Å². The van der Waals surface area contributed by atoms with Crippen molar-refractivity contribution in [3.05, 3.63) is 33.8 Å². The van der Waals surface area contributed by atoms with Crippen molar-refractivity contribution in [1.29, 1.82) is 0 Å². The van der Waals surface area contributed by atoms with Crippen molar-refractivity contribution in [1.82, 2.24) is 5.31 Å². The van der Waals surface area contributed by atoms with E-state index in [0.29, 0.717) is 16.6 Å². The van der Waals surface area contributed by atoms with Crippen molar-refractivity contribution in [3.8, 4) is 0 Å². The van der Waals surface area contributed by atoms with Crippen LogP contribution in [0, 0.1) is 0 Å². The van der Waals surface area contributed by atoms with Crippen LogP contribution in [0.25, 0.3) is 0 Å². The summed E-state index contributed by atoms with van der Waals surface area (Å²) in [5.41, 5.74) is 6.81. The lowest BCUT2D eigenvalue weighted by atomic mass is 10.0. The summed E-state index contributed by atoms with van der Waals surface area (Å²) in [4.78, 5) is 0. The molecule has 76 valence electrons. The van der Waals surface area contributed by atoms with Crippen LogP contribution < -0.4 is 11.0 Å². The van der Waals surface area contributed by atoms with E-state index < -0.39 is 0 Å². The molecule has 1 aromatic rings. The maximum Gasteiger partial charge on any atom is 0.123 e. The van der Waals surface area contributed by atoms with Gasteiger partial charge in [-0.3, -0.25) is 0 Å². The summed E-state index contributed by atoms with van der Waals surface area (Å²) in [5, 5.41) is 2.50. The van der Waals surface area contributed by atoms with E-state index in [1.807, 2.05) is 12.1 Å². The zero-order valence-corrected chi connectivity index (χ0v) is 9.09.